The largest absolute Gasteiger partial charge is 0.460 e. The quantitative estimate of drug-likeness (QED) is 0.524. The van der Waals surface area contributed by atoms with E-state index in [2.05, 4.69) is 26.1 Å². The van der Waals surface area contributed by atoms with E-state index in [0.29, 0.717) is 12.5 Å². The van der Waals surface area contributed by atoms with Crippen molar-refractivity contribution >= 4 is 5.97 Å². The van der Waals surface area contributed by atoms with E-state index in [1.807, 2.05) is 30.3 Å². The summed E-state index contributed by atoms with van der Waals surface area (Å²) in [5.41, 5.74) is 1.03. The molecule has 0 saturated carbocycles. The van der Waals surface area contributed by atoms with Crippen molar-refractivity contribution < 1.29 is 9.53 Å². The molecule has 0 spiro atoms. The van der Waals surface area contributed by atoms with Crippen molar-refractivity contribution in [3.05, 3.63) is 35.9 Å². The van der Waals surface area contributed by atoms with Crippen LogP contribution in [0.15, 0.2) is 30.3 Å². The van der Waals surface area contributed by atoms with Crippen LogP contribution in [0.4, 0.5) is 0 Å². The first kappa shape index (κ1) is 17.7. The summed E-state index contributed by atoms with van der Waals surface area (Å²) in [6.45, 7) is 7.66. The van der Waals surface area contributed by atoms with Gasteiger partial charge in [0, 0.05) is 0 Å². The van der Waals surface area contributed by atoms with Gasteiger partial charge in [0.25, 0.3) is 0 Å². The van der Waals surface area contributed by atoms with E-state index in [1.54, 1.807) is 0 Å². The molecule has 1 aromatic carbocycles. The normalized spacial score (nSPS) is 12.4. The Morgan fingerprint density at radius 3 is 2.52 bits per heavy atom. The first-order valence-corrected chi connectivity index (χ1v) is 8.07. The number of benzene rings is 1. The molecule has 0 fully saturated rings. The van der Waals surface area contributed by atoms with Gasteiger partial charge in [-0.25, -0.2) is 0 Å². The Morgan fingerprint density at radius 1 is 1.19 bits per heavy atom. The Labute approximate surface area is 129 Å². The van der Waals surface area contributed by atoms with E-state index in [0.717, 1.165) is 37.8 Å². The highest BCUT2D eigenvalue weighted by Crippen LogP contribution is 2.08. The van der Waals surface area contributed by atoms with E-state index in [4.69, 9.17) is 4.74 Å². The molecule has 0 aromatic heterocycles. The molecule has 1 aromatic rings. The number of hydrogen-bond acceptors (Lipinski definition) is 3. The summed E-state index contributed by atoms with van der Waals surface area (Å²) in [6.07, 6.45) is 4.24. The molecule has 0 heterocycles. The van der Waals surface area contributed by atoms with E-state index >= 15 is 0 Å². The molecule has 1 atom stereocenters. The van der Waals surface area contributed by atoms with Crippen LogP contribution in [0.25, 0.3) is 0 Å². The number of ether oxygens (including phenoxy) is 1. The Morgan fingerprint density at radius 2 is 1.90 bits per heavy atom. The minimum atomic E-state index is -0.178. The molecule has 21 heavy (non-hydrogen) atoms. The van der Waals surface area contributed by atoms with Gasteiger partial charge in [0.2, 0.25) is 0 Å². The van der Waals surface area contributed by atoms with Crippen LogP contribution in [0.3, 0.4) is 0 Å². The summed E-state index contributed by atoms with van der Waals surface area (Å²) in [5, 5.41) is 3.34. The van der Waals surface area contributed by atoms with Crippen LogP contribution in [0, 0.1) is 5.92 Å². The standard InChI is InChI=1S/C18H29NO2/c1-4-5-7-12-17(19-13-15(2)3)18(20)21-14-16-10-8-6-9-11-16/h6,8-11,15,17,19H,4-5,7,12-14H2,1-3H3/t17-/m0/s1. The molecule has 0 amide bonds. The van der Waals surface area contributed by atoms with Gasteiger partial charge in [-0.15, -0.1) is 0 Å². The van der Waals surface area contributed by atoms with Gasteiger partial charge in [-0.05, 0) is 24.4 Å². The average Bonchev–Trinajstić information content (AvgIpc) is 2.49. The number of carbonyl (C=O) groups is 1. The molecule has 0 radical (unpaired) electrons. The second-order valence-electron chi connectivity index (χ2n) is 5.94. The lowest BCUT2D eigenvalue weighted by atomic mass is 10.1. The third kappa shape index (κ3) is 7.86. The summed E-state index contributed by atoms with van der Waals surface area (Å²) in [7, 11) is 0. The molecule has 1 rings (SSSR count). The fourth-order valence-electron chi connectivity index (χ4n) is 2.11. The maximum atomic E-state index is 12.2. The zero-order valence-electron chi connectivity index (χ0n) is 13.6. The smallest absolute Gasteiger partial charge is 0.323 e. The summed E-state index contributed by atoms with van der Waals surface area (Å²) in [4.78, 5) is 12.2. The molecule has 0 aliphatic heterocycles. The fourth-order valence-corrected chi connectivity index (χ4v) is 2.11. The summed E-state index contributed by atoms with van der Waals surface area (Å²) >= 11 is 0. The number of carbonyl (C=O) groups excluding carboxylic acids is 1. The average molecular weight is 291 g/mol. The van der Waals surface area contributed by atoms with Gasteiger partial charge in [0.05, 0.1) is 0 Å². The third-order valence-electron chi connectivity index (χ3n) is 3.38. The van der Waals surface area contributed by atoms with Gasteiger partial charge in [0.15, 0.2) is 0 Å². The molecule has 1 N–H and O–H groups in total. The lowest BCUT2D eigenvalue weighted by Crippen LogP contribution is -2.39. The van der Waals surface area contributed by atoms with Gasteiger partial charge in [-0.2, -0.15) is 0 Å². The van der Waals surface area contributed by atoms with Gasteiger partial charge >= 0.3 is 5.97 Å². The van der Waals surface area contributed by atoms with Crippen molar-refractivity contribution in [2.45, 2.75) is 59.1 Å². The topological polar surface area (TPSA) is 38.3 Å². The summed E-state index contributed by atoms with van der Waals surface area (Å²) in [5.74, 6) is 0.399. The van der Waals surface area contributed by atoms with Gasteiger partial charge in [0.1, 0.15) is 12.6 Å². The van der Waals surface area contributed by atoms with Crippen LogP contribution >= 0.6 is 0 Å². The Balaban J connectivity index is 2.44. The van der Waals surface area contributed by atoms with Crippen LogP contribution in [0.5, 0.6) is 0 Å². The zero-order chi connectivity index (χ0) is 15.5. The van der Waals surface area contributed by atoms with E-state index in [1.165, 1.54) is 0 Å². The van der Waals surface area contributed by atoms with Gasteiger partial charge in [-0.3, -0.25) is 4.79 Å². The maximum Gasteiger partial charge on any atom is 0.323 e. The number of nitrogens with one attached hydrogen (secondary N) is 1. The third-order valence-corrected chi connectivity index (χ3v) is 3.38. The Bertz CT molecular complexity index is 389. The minimum Gasteiger partial charge on any atom is -0.460 e. The summed E-state index contributed by atoms with van der Waals surface area (Å²) in [6, 6.07) is 9.64. The molecule has 0 bridgehead atoms. The van der Waals surface area contributed by atoms with Crippen molar-refractivity contribution in [2.75, 3.05) is 6.54 Å². The van der Waals surface area contributed by atoms with E-state index in [-0.39, 0.29) is 12.0 Å². The number of rotatable bonds is 10. The SMILES string of the molecule is CCCCC[C@H](NCC(C)C)C(=O)OCc1ccccc1. The highest BCUT2D eigenvalue weighted by Gasteiger charge is 2.19. The molecule has 3 heteroatoms. The fraction of sp³-hybridized carbons (Fsp3) is 0.611. The van der Waals surface area contributed by atoms with Crippen molar-refractivity contribution in [1.82, 2.24) is 5.32 Å². The highest BCUT2D eigenvalue weighted by molar-refractivity contribution is 5.75. The minimum absolute atomic E-state index is 0.129. The van der Waals surface area contributed by atoms with Crippen LogP contribution in [-0.4, -0.2) is 18.6 Å². The number of unbranched alkanes of at least 4 members (excludes halogenated alkanes) is 2. The second kappa shape index (κ2) is 10.4. The molecule has 118 valence electrons. The zero-order valence-corrected chi connectivity index (χ0v) is 13.6. The molecule has 0 aliphatic rings. The highest BCUT2D eigenvalue weighted by atomic mass is 16.5. The maximum absolute atomic E-state index is 12.2. The van der Waals surface area contributed by atoms with Gasteiger partial charge in [-0.1, -0.05) is 70.4 Å². The molecule has 0 unspecified atom stereocenters. The monoisotopic (exact) mass is 291 g/mol. The number of esters is 1. The van der Waals surface area contributed by atoms with E-state index < -0.39 is 0 Å². The van der Waals surface area contributed by atoms with Gasteiger partial charge < -0.3 is 10.1 Å². The second-order valence-corrected chi connectivity index (χ2v) is 5.94. The lowest BCUT2D eigenvalue weighted by Gasteiger charge is -2.19. The predicted molar refractivity (Wildman–Crippen MR) is 87.0 cm³/mol. The first-order valence-electron chi connectivity index (χ1n) is 8.07. The van der Waals surface area contributed by atoms with Crippen LogP contribution in [-0.2, 0) is 16.1 Å². The van der Waals surface area contributed by atoms with Crippen molar-refractivity contribution in [1.29, 1.82) is 0 Å². The van der Waals surface area contributed by atoms with E-state index in [9.17, 15) is 4.79 Å². The van der Waals surface area contributed by atoms with Crippen molar-refractivity contribution in [2.24, 2.45) is 5.92 Å². The molecule has 0 aliphatic carbocycles. The lowest BCUT2D eigenvalue weighted by molar-refractivity contribution is -0.147. The molecule has 3 nitrogen and oxygen atoms in total. The van der Waals surface area contributed by atoms with Crippen LogP contribution in [0.2, 0.25) is 0 Å². The predicted octanol–water partition coefficient (Wildman–Crippen LogP) is 3.92. The Kier molecular flexibility index (Phi) is 8.76. The Hall–Kier alpha value is -1.35. The van der Waals surface area contributed by atoms with Crippen molar-refractivity contribution in [3.8, 4) is 0 Å². The number of hydrogen-bond donors (Lipinski definition) is 1. The van der Waals surface area contributed by atoms with Crippen LogP contribution in [0.1, 0.15) is 52.0 Å². The first-order chi connectivity index (χ1) is 10.1. The summed E-state index contributed by atoms with van der Waals surface area (Å²) < 4.78 is 5.45. The van der Waals surface area contributed by atoms with Crippen molar-refractivity contribution in [3.63, 3.8) is 0 Å². The van der Waals surface area contributed by atoms with Crippen LogP contribution < -0.4 is 5.32 Å². The molecule has 0 saturated heterocycles. The molecular formula is C18H29NO2. The molecular weight excluding hydrogens is 262 g/mol.